The number of hydrogen-bond acceptors (Lipinski definition) is 3. The molecule has 1 N–H and O–H groups in total. The molecule has 1 aliphatic carbocycles. The summed E-state index contributed by atoms with van der Waals surface area (Å²) in [4.78, 5) is 11.9. The van der Waals surface area contributed by atoms with Gasteiger partial charge in [-0.2, -0.15) is 5.10 Å². The molecule has 100 valence electrons. The number of nitrogens with one attached hydrogen (secondary N) is 1. The Morgan fingerprint density at radius 2 is 2.32 bits per heavy atom. The van der Waals surface area contributed by atoms with Crippen LogP contribution < -0.4 is 0 Å². The third-order valence-electron chi connectivity index (χ3n) is 3.35. The third-order valence-corrected chi connectivity index (χ3v) is 3.35. The minimum absolute atomic E-state index is 0.0175. The van der Waals surface area contributed by atoms with Crippen LogP contribution in [0.4, 0.5) is 8.78 Å². The number of aromatic nitrogens is 2. The van der Waals surface area contributed by atoms with E-state index in [9.17, 15) is 13.6 Å². The quantitative estimate of drug-likeness (QED) is 0.866. The number of para-hydroxylation sites is 1. The van der Waals surface area contributed by atoms with Gasteiger partial charge in [-0.1, -0.05) is 12.1 Å². The first kappa shape index (κ1) is 12.1. The van der Waals surface area contributed by atoms with E-state index >= 15 is 0 Å². The lowest BCUT2D eigenvalue weighted by atomic mass is 10.1. The van der Waals surface area contributed by atoms with Crippen molar-refractivity contribution >= 4 is 16.9 Å². The Morgan fingerprint density at radius 1 is 1.53 bits per heavy atom. The summed E-state index contributed by atoms with van der Waals surface area (Å²) in [6.45, 7) is 0.0175. The predicted octanol–water partition coefficient (Wildman–Crippen LogP) is 2.77. The average Bonchev–Trinajstić information content (AvgIpc) is 2.78. The van der Waals surface area contributed by atoms with E-state index in [1.165, 1.54) is 0 Å². The molecule has 3 rings (SSSR count). The number of carbonyl (C=O) groups is 1. The van der Waals surface area contributed by atoms with E-state index in [0.717, 1.165) is 5.39 Å². The van der Waals surface area contributed by atoms with Crippen molar-refractivity contribution < 1.29 is 18.3 Å². The number of esters is 1. The molecule has 1 aliphatic rings. The summed E-state index contributed by atoms with van der Waals surface area (Å²) in [7, 11) is 0. The summed E-state index contributed by atoms with van der Waals surface area (Å²) in [6, 6.07) is 5.17. The molecule has 0 radical (unpaired) electrons. The smallest absolute Gasteiger partial charge is 0.340 e. The molecule has 1 atom stereocenters. The van der Waals surface area contributed by atoms with Crippen LogP contribution in [0, 0.1) is 5.92 Å². The predicted molar refractivity (Wildman–Crippen MR) is 64.0 cm³/mol. The largest absolute Gasteiger partial charge is 0.462 e. The molecule has 1 fully saturated rings. The molecule has 0 saturated heterocycles. The molecule has 0 aliphatic heterocycles. The highest BCUT2D eigenvalue weighted by atomic mass is 19.3. The Bertz CT molecular complexity index is 624. The van der Waals surface area contributed by atoms with Crippen LogP contribution in [0.1, 0.15) is 23.2 Å². The topological polar surface area (TPSA) is 55.0 Å². The van der Waals surface area contributed by atoms with E-state index in [2.05, 4.69) is 10.2 Å². The maximum Gasteiger partial charge on any atom is 0.340 e. The number of halogens is 2. The van der Waals surface area contributed by atoms with E-state index < -0.39 is 17.8 Å². The molecule has 1 aromatic carbocycles. The van der Waals surface area contributed by atoms with Crippen LogP contribution in [0.15, 0.2) is 24.4 Å². The van der Waals surface area contributed by atoms with Crippen molar-refractivity contribution in [3.8, 4) is 0 Å². The number of carbonyl (C=O) groups excluding carboxylic acids is 1. The van der Waals surface area contributed by atoms with Gasteiger partial charge in [0.15, 0.2) is 0 Å². The zero-order chi connectivity index (χ0) is 13.5. The third kappa shape index (κ3) is 2.30. The molecule has 0 bridgehead atoms. The molecule has 19 heavy (non-hydrogen) atoms. The van der Waals surface area contributed by atoms with Gasteiger partial charge in [0.25, 0.3) is 5.92 Å². The molecular formula is C13H12F2N2O2. The standard InChI is InChI=1S/C13H12F2N2O2/c14-13(15)6-9(13)4-5-19-12(18)10-3-1-2-8-7-16-17-11(8)10/h1-3,7,9H,4-6H2,(H,16,17). The first-order valence-electron chi connectivity index (χ1n) is 6.05. The summed E-state index contributed by atoms with van der Waals surface area (Å²) >= 11 is 0. The lowest BCUT2D eigenvalue weighted by Gasteiger charge is -2.05. The fourth-order valence-electron chi connectivity index (χ4n) is 2.09. The van der Waals surface area contributed by atoms with Crippen LogP contribution in [-0.4, -0.2) is 28.7 Å². The van der Waals surface area contributed by atoms with Crippen molar-refractivity contribution in [1.82, 2.24) is 10.2 Å². The molecule has 1 heterocycles. The number of ether oxygens (including phenoxy) is 1. The molecule has 1 saturated carbocycles. The van der Waals surface area contributed by atoms with Crippen LogP contribution in [-0.2, 0) is 4.74 Å². The Hall–Kier alpha value is -1.98. The number of aromatic amines is 1. The van der Waals surface area contributed by atoms with Crippen molar-refractivity contribution in [1.29, 1.82) is 0 Å². The van der Waals surface area contributed by atoms with Gasteiger partial charge in [0.1, 0.15) is 0 Å². The highest BCUT2D eigenvalue weighted by molar-refractivity contribution is 6.02. The summed E-state index contributed by atoms with van der Waals surface area (Å²) in [5.74, 6) is -3.71. The van der Waals surface area contributed by atoms with E-state index in [4.69, 9.17) is 4.74 Å². The zero-order valence-electron chi connectivity index (χ0n) is 10.0. The number of rotatable bonds is 4. The number of H-pyrrole nitrogens is 1. The molecule has 4 nitrogen and oxygen atoms in total. The van der Waals surface area contributed by atoms with Crippen molar-refractivity contribution in [2.75, 3.05) is 6.61 Å². The fraction of sp³-hybridized carbons (Fsp3) is 0.385. The average molecular weight is 266 g/mol. The summed E-state index contributed by atoms with van der Waals surface area (Å²) in [6.07, 6.45) is 1.72. The summed E-state index contributed by atoms with van der Waals surface area (Å²) < 4.78 is 30.3. The van der Waals surface area contributed by atoms with Gasteiger partial charge in [0.2, 0.25) is 0 Å². The van der Waals surface area contributed by atoms with E-state index in [1.807, 2.05) is 6.07 Å². The lowest BCUT2D eigenvalue weighted by molar-refractivity contribution is 0.0454. The first-order chi connectivity index (χ1) is 9.08. The number of benzene rings is 1. The highest BCUT2D eigenvalue weighted by Crippen LogP contribution is 2.50. The van der Waals surface area contributed by atoms with Crippen LogP contribution in [0.5, 0.6) is 0 Å². The second kappa shape index (κ2) is 4.29. The van der Waals surface area contributed by atoms with Gasteiger partial charge in [0, 0.05) is 17.7 Å². The van der Waals surface area contributed by atoms with Crippen molar-refractivity contribution in [2.45, 2.75) is 18.8 Å². The Labute approximate surface area is 107 Å². The fourth-order valence-corrected chi connectivity index (χ4v) is 2.09. The highest BCUT2D eigenvalue weighted by Gasteiger charge is 2.56. The number of nitrogens with zero attached hydrogens (tertiary/aromatic N) is 1. The number of alkyl halides is 2. The Morgan fingerprint density at radius 3 is 3.05 bits per heavy atom. The van der Waals surface area contributed by atoms with Gasteiger partial charge in [0.05, 0.1) is 23.9 Å². The van der Waals surface area contributed by atoms with E-state index in [1.54, 1.807) is 18.3 Å². The summed E-state index contributed by atoms with van der Waals surface area (Å²) in [5, 5.41) is 7.38. The second-order valence-corrected chi connectivity index (χ2v) is 4.73. The SMILES string of the molecule is O=C(OCCC1CC1(F)F)c1cccc2cn[nH]c12. The monoisotopic (exact) mass is 266 g/mol. The minimum Gasteiger partial charge on any atom is -0.462 e. The van der Waals surface area contributed by atoms with Gasteiger partial charge in [-0.3, -0.25) is 5.10 Å². The van der Waals surface area contributed by atoms with E-state index in [0.29, 0.717) is 11.1 Å². The van der Waals surface area contributed by atoms with Crippen LogP contribution in [0.25, 0.3) is 10.9 Å². The van der Waals surface area contributed by atoms with Crippen LogP contribution >= 0.6 is 0 Å². The Kier molecular flexibility index (Phi) is 2.73. The number of fused-ring (bicyclic) bond motifs is 1. The van der Waals surface area contributed by atoms with Crippen LogP contribution in [0.2, 0.25) is 0 Å². The minimum atomic E-state index is -2.56. The van der Waals surface area contributed by atoms with Crippen molar-refractivity contribution in [3.63, 3.8) is 0 Å². The molecule has 2 aromatic rings. The van der Waals surface area contributed by atoms with Gasteiger partial charge in [-0.05, 0) is 12.5 Å². The molecular weight excluding hydrogens is 254 g/mol. The molecule has 1 unspecified atom stereocenters. The normalized spacial score (nSPS) is 20.4. The van der Waals surface area contributed by atoms with Crippen molar-refractivity contribution in [3.05, 3.63) is 30.0 Å². The molecule has 0 amide bonds. The maximum atomic E-state index is 12.7. The van der Waals surface area contributed by atoms with Crippen molar-refractivity contribution in [2.24, 2.45) is 5.92 Å². The van der Waals surface area contributed by atoms with Crippen LogP contribution in [0.3, 0.4) is 0 Å². The van der Waals surface area contributed by atoms with Gasteiger partial charge < -0.3 is 4.74 Å². The molecule has 0 spiro atoms. The van der Waals surface area contributed by atoms with Gasteiger partial charge >= 0.3 is 5.97 Å². The Balaban J connectivity index is 1.62. The van der Waals surface area contributed by atoms with E-state index in [-0.39, 0.29) is 19.4 Å². The number of hydrogen-bond donors (Lipinski definition) is 1. The van der Waals surface area contributed by atoms with Gasteiger partial charge in [-0.25, -0.2) is 13.6 Å². The second-order valence-electron chi connectivity index (χ2n) is 4.73. The summed E-state index contributed by atoms with van der Waals surface area (Å²) in [5.41, 5.74) is 0.974. The molecule has 6 heteroatoms. The maximum absolute atomic E-state index is 12.7. The first-order valence-corrected chi connectivity index (χ1v) is 6.05. The molecule has 1 aromatic heterocycles. The lowest BCUT2D eigenvalue weighted by Crippen LogP contribution is -2.08. The van der Waals surface area contributed by atoms with Gasteiger partial charge in [-0.15, -0.1) is 0 Å². The zero-order valence-corrected chi connectivity index (χ0v) is 10.0.